The lowest BCUT2D eigenvalue weighted by atomic mass is 9.75. The zero-order chi connectivity index (χ0) is 22.0. The maximum absolute atomic E-state index is 13.1. The van der Waals surface area contributed by atoms with E-state index in [0.717, 1.165) is 30.4 Å². The van der Waals surface area contributed by atoms with Crippen molar-refractivity contribution >= 4 is 11.9 Å². The minimum atomic E-state index is -0.632. The van der Waals surface area contributed by atoms with E-state index in [-0.39, 0.29) is 12.7 Å². The van der Waals surface area contributed by atoms with Crippen LogP contribution in [0.3, 0.4) is 0 Å². The van der Waals surface area contributed by atoms with Crippen molar-refractivity contribution in [2.45, 2.75) is 52.1 Å². The lowest BCUT2D eigenvalue weighted by molar-refractivity contribution is -0.167. The molecule has 0 bridgehead atoms. The molecule has 4 rings (SSSR count). The van der Waals surface area contributed by atoms with E-state index in [9.17, 15) is 9.59 Å². The molecule has 2 aliphatic rings. The summed E-state index contributed by atoms with van der Waals surface area (Å²) in [5, 5.41) is 0. The highest BCUT2D eigenvalue weighted by Gasteiger charge is 2.36. The van der Waals surface area contributed by atoms with Gasteiger partial charge in [-0.25, -0.2) is 4.79 Å². The van der Waals surface area contributed by atoms with E-state index in [0.29, 0.717) is 29.3 Å². The third-order valence-electron chi connectivity index (χ3n) is 6.49. The molecule has 0 spiro atoms. The average molecular weight is 423 g/mol. The van der Waals surface area contributed by atoms with Crippen molar-refractivity contribution in [1.29, 1.82) is 0 Å². The Morgan fingerprint density at radius 2 is 1.61 bits per heavy atom. The zero-order valence-electron chi connectivity index (χ0n) is 18.4. The summed E-state index contributed by atoms with van der Waals surface area (Å²) in [6.45, 7) is 6.15. The number of benzene rings is 2. The summed E-state index contributed by atoms with van der Waals surface area (Å²) >= 11 is 0. The topological polar surface area (TPSA) is 61.8 Å². The predicted molar refractivity (Wildman–Crippen MR) is 117 cm³/mol. The van der Waals surface area contributed by atoms with Gasteiger partial charge < -0.3 is 14.2 Å². The molecule has 2 aromatic rings. The fraction of sp³-hybridized carbons (Fsp3) is 0.462. The second kappa shape index (κ2) is 9.13. The molecule has 0 amide bonds. The summed E-state index contributed by atoms with van der Waals surface area (Å²) in [4.78, 5) is 25.6. The summed E-state index contributed by atoms with van der Waals surface area (Å²) in [6, 6.07) is 14.8. The van der Waals surface area contributed by atoms with Crippen molar-refractivity contribution in [2.24, 2.45) is 17.8 Å². The first-order valence-corrected chi connectivity index (χ1v) is 11.2. The molecule has 3 atom stereocenters. The molecule has 0 radical (unpaired) electrons. The van der Waals surface area contributed by atoms with Gasteiger partial charge in [-0.05, 0) is 42.7 Å². The second-order valence-electron chi connectivity index (χ2n) is 9.07. The fourth-order valence-corrected chi connectivity index (χ4v) is 4.83. The number of ether oxygens (including phenoxy) is 3. The van der Waals surface area contributed by atoms with Crippen LogP contribution in [0.1, 0.15) is 57.1 Å². The molecule has 0 N–H and O–H groups in total. The standard InChI is InChI=1S/C26H30O5/c1-16(2)18-13-12-17(3)14-23(18)31-24(27)15-29-26(28)25-19-8-4-6-10-21(19)30-22-11-7-5-9-20(22)25/h4-11,16-18,23,25H,12-15H2,1-3H3/t17-,18-,23-/m1/s1. The van der Waals surface area contributed by atoms with Crippen LogP contribution in [-0.2, 0) is 19.1 Å². The van der Waals surface area contributed by atoms with Gasteiger partial charge in [0.05, 0.1) is 0 Å². The van der Waals surface area contributed by atoms with E-state index < -0.39 is 17.9 Å². The van der Waals surface area contributed by atoms with Crippen LogP contribution in [0.25, 0.3) is 0 Å². The Morgan fingerprint density at radius 3 is 2.23 bits per heavy atom. The number of carbonyl (C=O) groups is 2. The number of esters is 2. The Balaban J connectivity index is 1.44. The molecule has 1 saturated carbocycles. The first kappa shape index (κ1) is 21.4. The van der Waals surface area contributed by atoms with Crippen molar-refractivity contribution in [2.75, 3.05) is 6.61 Å². The first-order chi connectivity index (χ1) is 14.9. The van der Waals surface area contributed by atoms with Crippen LogP contribution >= 0.6 is 0 Å². The molecule has 1 fully saturated rings. The Kier molecular flexibility index (Phi) is 6.30. The van der Waals surface area contributed by atoms with Crippen LogP contribution in [0.2, 0.25) is 0 Å². The number of rotatable bonds is 5. The van der Waals surface area contributed by atoms with E-state index in [1.165, 1.54) is 0 Å². The minimum Gasteiger partial charge on any atom is -0.460 e. The second-order valence-corrected chi connectivity index (χ2v) is 9.07. The highest BCUT2D eigenvalue weighted by Crippen LogP contribution is 2.44. The first-order valence-electron chi connectivity index (χ1n) is 11.2. The molecule has 164 valence electrons. The molecule has 1 heterocycles. The fourth-order valence-electron chi connectivity index (χ4n) is 4.83. The smallest absolute Gasteiger partial charge is 0.344 e. The van der Waals surface area contributed by atoms with Crippen LogP contribution in [0.15, 0.2) is 48.5 Å². The Bertz CT molecular complexity index is 905. The summed E-state index contributed by atoms with van der Waals surface area (Å²) in [5.74, 6) is 0.999. The van der Waals surface area contributed by atoms with Gasteiger partial charge in [0.25, 0.3) is 0 Å². The van der Waals surface area contributed by atoms with Crippen molar-refractivity contribution < 1.29 is 23.8 Å². The van der Waals surface area contributed by atoms with Gasteiger partial charge in [-0.1, -0.05) is 63.6 Å². The molecule has 0 unspecified atom stereocenters. The van der Waals surface area contributed by atoms with Crippen LogP contribution in [0.5, 0.6) is 11.5 Å². The normalized spacial score (nSPS) is 22.8. The van der Waals surface area contributed by atoms with Crippen LogP contribution in [0.4, 0.5) is 0 Å². The Hall–Kier alpha value is -2.82. The largest absolute Gasteiger partial charge is 0.460 e. The molecule has 2 aromatic carbocycles. The number of fused-ring (bicyclic) bond motifs is 2. The molecule has 0 aromatic heterocycles. The Morgan fingerprint density at radius 1 is 1.00 bits per heavy atom. The van der Waals surface area contributed by atoms with Gasteiger partial charge in [-0.2, -0.15) is 0 Å². The van der Waals surface area contributed by atoms with Gasteiger partial charge in [-0.3, -0.25) is 4.79 Å². The molecule has 0 saturated heterocycles. The van der Waals surface area contributed by atoms with Crippen molar-refractivity contribution in [1.82, 2.24) is 0 Å². The van der Waals surface area contributed by atoms with Crippen LogP contribution in [-0.4, -0.2) is 24.6 Å². The number of hydrogen-bond acceptors (Lipinski definition) is 5. The van der Waals surface area contributed by atoms with E-state index in [1.807, 2.05) is 48.5 Å². The number of hydrogen-bond donors (Lipinski definition) is 0. The van der Waals surface area contributed by atoms with Gasteiger partial charge >= 0.3 is 11.9 Å². The number of carbonyl (C=O) groups excluding carboxylic acids is 2. The molecule has 5 nitrogen and oxygen atoms in total. The maximum atomic E-state index is 13.1. The van der Waals surface area contributed by atoms with E-state index in [2.05, 4.69) is 20.8 Å². The van der Waals surface area contributed by atoms with Gasteiger partial charge in [0, 0.05) is 11.1 Å². The van der Waals surface area contributed by atoms with E-state index >= 15 is 0 Å². The summed E-state index contributed by atoms with van der Waals surface area (Å²) in [7, 11) is 0. The van der Waals surface area contributed by atoms with Gasteiger partial charge in [-0.15, -0.1) is 0 Å². The van der Waals surface area contributed by atoms with Gasteiger partial charge in [0.1, 0.15) is 23.5 Å². The highest BCUT2D eigenvalue weighted by atomic mass is 16.6. The van der Waals surface area contributed by atoms with Gasteiger partial charge in [0.2, 0.25) is 0 Å². The quantitative estimate of drug-likeness (QED) is 0.598. The van der Waals surface area contributed by atoms with E-state index in [1.54, 1.807) is 0 Å². The SMILES string of the molecule is CC(C)[C@H]1CC[C@@H](C)C[C@H]1OC(=O)COC(=O)C1c2ccccc2Oc2ccccc21. The van der Waals surface area contributed by atoms with Crippen molar-refractivity contribution in [3.63, 3.8) is 0 Å². The third-order valence-corrected chi connectivity index (χ3v) is 6.49. The minimum absolute atomic E-state index is 0.112. The molecular formula is C26H30O5. The van der Waals surface area contributed by atoms with Crippen molar-refractivity contribution in [3.8, 4) is 11.5 Å². The van der Waals surface area contributed by atoms with Crippen molar-refractivity contribution in [3.05, 3.63) is 59.7 Å². The third kappa shape index (κ3) is 4.60. The molecule has 1 aliphatic carbocycles. The van der Waals surface area contributed by atoms with Crippen LogP contribution in [0, 0.1) is 17.8 Å². The lowest BCUT2D eigenvalue weighted by Crippen LogP contribution is -2.37. The van der Waals surface area contributed by atoms with Crippen LogP contribution < -0.4 is 4.74 Å². The molecular weight excluding hydrogens is 392 g/mol. The monoisotopic (exact) mass is 422 g/mol. The Labute approximate surface area is 183 Å². The average Bonchev–Trinajstić information content (AvgIpc) is 2.75. The van der Waals surface area contributed by atoms with E-state index in [4.69, 9.17) is 14.2 Å². The maximum Gasteiger partial charge on any atom is 0.344 e. The highest BCUT2D eigenvalue weighted by molar-refractivity contribution is 5.87. The predicted octanol–water partition coefficient (Wildman–Crippen LogP) is 5.47. The summed E-state index contributed by atoms with van der Waals surface area (Å²) < 4.78 is 17.2. The summed E-state index contributed by atoms with van der Waals surface area (Å²) in [5.41, 5.74) is 1.47. The molecule has 5 heteroatoms. The zero-order valence-corrected chi connectivity index (χ0v) is 18.4. The number of para-hydroxylation sites is 2. The molecule has 1 aliphatic heterocycles. The lowest BCUT2D eigenvalue weighted by Gasteiger charge is -2.36. The molecule has 31 heavy (non-hydrogen) atoms. The van der Waals surface area contributed by atoms with Gasteiger partial charge in [0.15, 0.2) is 6.61 Å². The summed E-state index contributed by atoms with van der Waals surface area (Å²) in [6.07, 6.45) is 2.98.